The molecule has 66 valence electrons. The van der Waals surface area contributed by atoms with Crippen LogP contribution in [0.4, 0.5) is 0 Å². The Labute approximate surface area is 79.7 Å². The van der Waals surface area contributed by atoms with Crippen molar-refractivity contribution in [2.45, 2.75) is 35.5 Å². The first kappa shape index (κ1) is 7.54. The van der Waals surface area contributed by atoms with E-state index in [0.717, 1.165) is 12.8 Å². The van der Waals surface area contributed by atoms with Gasteiger partial charge >= 0.3 is 0 Å². The van der Waals surface area contributed by atoms with Crippen LogP contribution in [0.2, 0.25) is 0 Å². The summed E-state index contributed by atoms with van der Waals surface area (Å²) in [7, 11) is 0. The van der Waals surface area contributed by atoms with Crippen molar-refractivity contribution in [3.8, 4) is 0 Å². The van der Waals surface area contributed by atoms with Gasteiger partial charge in [0.2, 0.25) is 0 Å². The second-order valence-corrected chi connectivity index (χ2v) is 5.46. The van der Waals surface area contributed by atoms with Gasteiger partial charge < -0.3 is 9.84 Å². The van der Waals surface area contributed by atoms with E-state index in [4.69, 9.17) is 4.74 Å². The summed E-state index contributed by atoms with van der Waals surface area (Å²) >= 11 is 3.63. The van der Waals surface area contributed by atoms with Crippen LogP contribution in [0.3, 0.4) is 0 Å². The molecule has 12 heavy (non-hydrogen) atoms. The highest BCUT2D eigenvalue weighted by Gasteiger charge is 2.59. The predicted octanol–water partition coefficient (Wildman–Crippen LogP) is 1.23. The summed E-state index contributed by atoms with van der Waals surface area (Å²) in [5, 5.41) is 9.98. The Bertz CT molecular complexity index is 253. The summed E-state index contributed by atoms with van der Waals surface area (Å²) in [6.07, 6.45) is 6.34. The molecule has 4 bridgehead atoms. The molecule has 3 rings (SSSR count). The second kappa shape index (κ2) is 2.14. The summed E-state index contributed by atoms with van der Waals surface area (Å²) in [5.74, 6) is 0.319. The minimum atomic E-state index is -0.226. The van der Waals surface area contributed by atoms with E-state index < -0.39 is 0 Å². The molecule has 1 saturated heterocycles. The lowest BCUT2D eigenvalue weighted by Gasteiger charge is -2.38. The van der Waals surface area contributed by atoms with Gasteiger partial charge in [-0.15, -0.1) is 0 Å². The second-order valence-electron chi connectivity index (χ2n) is 3.98. The number of fused-ring (bicyclic) bond motifs is 6. The summed E-state index contributed by atoms with van der Waals surface area (Å²) < 4.78 is 5.56. The number of aliphatic hydroxyl groups is 1. The number of halogens is 1. The van der Waals surface area contributed by atoms with Crippen molar-refractivity contribution in [1.82, 2.24) is 0 Å². The van der Waals surface area contributed by atoms with E-state index in [1.165, 1.54) is 0 Å². The van der Waals surface area contributed by atoms with Gasteiger partial charge in [0.1, 0.15) is 0 Å². The van der Waals surface area contributed by atoms with Crippen molar-refractivity contribution >= 4 is 15.9 Å². The molecule has 0 amide bonds. The van der Waals surface area contributed by atoms with Gasteiger partial charge in [-0.2, -0.15) is 0 Å². The lowest BCUT2D eigenvalue weighted by Crippen LogP contribution is -2.51. The Kier molecular flexibility index (Phi) is 1.34. The fourth-order valence-electron chi connectivity index (χ4n) is 2.69. The van der Waals surface area contributed by atoms with E-state index in [1.807, 2.05) is 0 Å². The summed E-state index contributed by atoms with van der Waals surface area (Å²) in [4.78, 5) is 0. The van der Waals surface area contributed by atoms with Crippen molar-refractivity contribution in [2.75, 3.05) is 0 Å². The molecule has 1 aliphatic carbocycles. The average Bonchev–Trinajstić information content (AvgIpc) is 2.53. The van der Waals surface area contributed by atoms with Crippen LogP contribution in [0.1, 0.15) is 12.8 Å². The molecule has 2 heterocycles. The minimum Gasteiger partial charge on any atom is -0.391 e. The molecule has 5 atom stereocenters. The summed E-state index contributed by atoms with van der Waals surface area (Å²) in [5.41, 5.74) is 0. The largest absolute Gasteiger partial charge is 0.391 e. The van der Waals surface area contributed by atoms with E-state index >= 15 is 0 Å². The molecule has 1 unspecified atom stereocenters. The summed E-state index contributed by atoms with van der Waals surface area (Å²) in [6.45, 7) is 0. The Morgan fingerprint density at radius 3 is 3.17 bits per heavy atom. The number of alkyl halides is 1. The van der Waals surface area contributed by atoms with E-state index in [-0.39, 0.29) is 22.6 Å². The maximum atomic E-state index is 9.98. The van der Waals surface area contributed by atoms with E-state index in [1.54, 1.807) is 0 Å². The molecule has 0 radical (unpaired) electrons. The average molecular weight is 231 g/mol. The molecule has 0 aromatic rings. The van der Waals surface area contributed by atoms with Gasteiger partial charge in [0.15, 0.2) is 0 Å². The third-order valence-electron chi connectivity index (χ3n) is 3.43. The first-order valence-electron chi connectivity index (χ1n) is 4.42. The lowest BCUT2D eigenvalue weighted by molar-refractivity contribution is -0.0808. The van der Waals surface area contributed by atoms with Crippen LogP contribution in [0.5, 0.6) is 0 Å². The van der Waals surface area contributed by atoms with E-state index in [0.29, 0.717) is 5.92 Å². The molecule has 3 heteroatoms. The van der Waals surface area contributed by atoms with Crippen LogP contribution < -0.4 is 0 Å². The van der Waals surface area contributed by atoms with E-state index in [9.17, 15) is 5.11 Å². The number of ether oxygens (including phenoxy) is 1. The van der Waals surface area contributed by atoms with Gasteiger partial charge in [-0.25, -0.2) is 0 Å². The maximum Gasteiger partial charge on any atom is 0.0943 e. The zero-order valence-electron chi connectivity index (χ0n) is 6.61. The van der Waals surface area contributed by atoms with Gasteiger partial charge in [0.05, 0.1) is 22.6 Å². The first-order valence-corrected chi connectivity index (χ1v) is 5.22. The normalized spacial score (nSPS) is 61.2. The molecule has 1 saturated carbocycles. The van der Waals surface area contributed by atoms with Crippen LogP contribution in [0, 0.1) is 5.92 Å². The van der Waals surface area contributed by atoms with Crippen molar-refractivity contribution < 1.29 is 9.84 Å². The number of rotatable bonds is 0. The van der Waals surface area contributed by atoms with E-state index in [2.05, 4.69) is 28.1 Å². The number of hydrogen-bond acceptors (Lipinski definition) is 2. The smallest absolute Gasteiger partial charge is 0.0943 e. The van der Waals surface area contributed by atoms with Crippen LogP contribution >= 0.6 is 15.9 Å². The zero-order valence-corrected chi connectivity index (χ0v) is 8.20. The highest BCUT2D eigenvalue weighted by molar-refractivity contribution is 9.10. The first-order chi connectivity index (χ1) is 5.72. The van der Waals surface area contributed by atoms with Crippen LogP contribution in [-0.4, -0.2) is 27.7 Å². The fourth-order valence-corrected chi connectivity index (χ4v) is 3.52. The highest BCUT2D eigenvalue weighted by atomic mass is 79.9. The topological polar surface area (TPSA) is 29.5 Å². The molecule has 0 spiro atoms. The molecular formula is C9H11BrO2. The number of aliphatic hydroxyl groups excluding tert-OH is 1. The van der Waals surface area contributed by atoms with Gasteiger partial charge in [-0.05, 0) is 12.8 Å². The minimum absolute atomic E-state index is 0.0937. The molecule has 2 aliphatic heterocycles. The maximum absolute atomic E-state index is 9.98. The Balaban J connectivity index is 2.08. The quantitative estimate of drug-likeness (QED) is 0.502. The van der Waals surface area contributed by atoms with Crippen LogP contribution in [0.15, 0.2) is 12.2 Å². The Morgan fingerprint density at radius 2 is 2.33 bits per heavy atom. The van der Waals surface area contributed by atoms with Crippen molar-refractivity contribution in [2.24, 2.45) is 5.92 Å². The summed E-state index contributed by atoms with van der Waals surface area (Å²) in [6, 6.07) is 0. The molecule has 2 fully saturated rings. The molecule has 0 aromatic heterocycles. The lowest BCUT2D eigenvalue weighted by atomic mass is 9.93. The van der Waals surface area contributed by atoms with Crippen molar-refractivity contribution in [3.63, 3.8) is 0 Å². The highest BCUT2D eigenvalue weighted by Crippen LogP contribution is 2.53. The van der Waals surface area contributed by atoms with Gasteiger partial charge in [0.25, 0.3) is 0 Å². The Hall–Kier alpha value is 0.140. The molecular weight excluding hydrogens is 220 g/mol. The predicted molar refractivity (Wildman–Crippen MR) is 48.2 cm³/mol. The van der Waals surface area contributed by atoms with Crippen LogP contribution in [-0.2, 0) is 4.74 Å². The number of hydrogen-bond donors (Lipinski definition) is 1. The zero-order chi connectivity index (χ0) is 8.34. The molecule has 1 N–H and O–H groups in total. The third-order valence-corrected chi connectivity index (χ3v) is 4.75. The molecule has 3 aliphatic rings. The SMILES string of the molecule is OC1[C@H]2CC[C@]1(Br)[C@H]1C=C[C@@H]2O1. The standard InChI is InChI=1S/C9H11BrO2/c10-9-4-3-5(8(9)11)6-1-2-7(9)12-6/h1-2,5-8,11H,3-4H2/t5-,6-,7+,8?,9-/m0/s1. The molecule has 2 nitrogen and oxygen atoms in total. The van der Waals surface area contributed by atoms with Gasteiger partial charge in [-0.3, -0.25) is 0 Å². The molecule has 0 aromatic carbocycles. The monoisotopic (exact) mass is 230 g/mol. The van der Waals surface area contributed by atoms with Crippen molar-refractivity contribution in [3.05, 3.63) is 12.2 Å². The fraction of sp³-hybridized carbons (Fsp3) is 0.778. The third kappa shape index (κ3) is 0.686. The van der Waals surface area contributed by atoms with Crippen molar-refractivity contribution in [1.29, 1.82) is 0 Å². The van der Waals surface area contributed by atoms with Gasteiger partial charge in [0, 0.05) is 5.92 Å². The van der Waals surface area contributed by atoms with Gasteiger partial charge in [-0.1, -0.05) is 28.1 Å². The van der Waals surface area contributed by atoms with Crippen LogP contribution in [0.25, 0.3) is 0 Å². The Morgan fingerprint density at radius 1 is 1.50 bits per heavy atom.